The third-order valence-corrected chi connectivity index (χ3v) is 2.38. The molecule has 1 aliphatic heterocycles. The Balaban J connectivity index is 2.19. The number of nitrogens with two attached hydrogens (primary N) is 1. The van der Waals surface area contributed by atoms with Gasteiger partial charge in [-0.25, -0.2) is 0 Å². The number of hydrogen-bond acceptors (Lipinski definition) is 3. The fraction of sp³-hybridized carbons (Fsp3) is 0.385. The van der Waals surface area contributed by atoms with Crippen LogP contribution in [0.25, 0.3) is 0 Å². The lowest BCUT2D eigenvalue weighted by Gasteiger charge is -2.17. The molecule has 1 aromatic carbocycles. The van der Waals surface area contributed by atoms with Crippen molar-refractivity contribution in [1.82, 2.24) is 0 Å². The highest BCUT2D eigenvalue weighted by molar-refractivity contribution is 5.49. The Morgan fingerprint density at radius 3 is 2.81 bits per heavy atom. The third kappa shape index (κ3) is 2.47. The molecule has 0 bridgehead atoms. The quantitative estimate of drug-likeness (QED) is 0.726. The Labute approximate surface area is 95.5 Å². The summed E-state index contributed by atoms with van der Waals surface area (Å²) in [6.45, 7) is 3.22. The zero-order valence-corrected chi connectivity index (χ0v) is 9.32. The maximum Gasteiger partial charge on any atom is 0.162 e. The Hall–Kier alpha value is -1.66. The minimum absolute atomic E-state index is 0.0619. The van der Waals surface area contributed by atoms with Crippen molar-refractivity contribution >= 4 is 0 Å². The van der Waals surface area contributed by atoms with Crippen LogP contribution in [0.4, 0.5) is 0 Å². The second-order valence-corrected chi connectivity index (χ2v) is 3.64. The molecule has 0 saturated carbocycles. The van der Waals surface area contributed by atoms with Crippen molar-refractivity contribution in [3.8, 4) is 23.3 Å². The third-order valence-electron chi connectivity index (χ3n) is 2.38. The molecular weight excluding hydrogens is 202 g/mol. The molecule has 1 aromatic rings. The van der Waals surface area contributed by atoms with Crippen molar-refractivity contribution in [2.45, 2.75) is 19.4 Å². The van der Waals surface area contributed by atoms with E-state index in [-0.39, 0.29) is 6.04 Å². The Bertz CT molecular complexity index is 431. The summed E-state index contributed by atoms with van der Waals surface area (Å²) in [5, 5.41) is 0. The van der Waals surface area contributed by atoms with Crippen molar-refractivity contribution in [2.24, 2.45) is 5.73 Å². The summed E-state index contributed by atoms with van der Waals surface area (Å²) >= 11 is 0. The molecule has 0 fully saturated rings. The summed E-state index contributed by atoms with van der Waals surface area (Å²) < 4.78 is 10.9. The molecule has 84 valence electrons. The first-order valence-corrected chi connectivity index (χ1v) is 5.46. The van der Waals surface area contributed by atoms with Crippen LogP contribution >= 0.6 is 0 Å². The van der Waals surface area contributed by atoms with E-state index in [1.807, 2.05) is 25.1 Å². The molecule has 0 amide bonds. The highest BCUT2D eigenvalue weighted by Crippen LogP contribution is 2.30. The Kier molecular flexibility index (Phi) is 3.33. The zero-order chi connectivity index (χ0) is 11.4. The van der Waals surface area contributed by atoms with Gasteiger partial charge in [-0.05, 0) is 24.6 Å². The maximum atomic E-state index is 5.73. The topological polar surface area (TPSA) is 44.5 Å². The highest BCUT2D eigenvalue weighted by Gasteiger charge is 2.10. The molecule has 1 unspecified atom stereocenters. The average Bonchev–Trinajstić information content (AvgIpc) is 2.35. The Morgan fingerprint density at radius 1 is 1.31 bits per heavy atom. The minimum Gasteiger partial charge on any atom is -0.486 e. The van der Waals surface area contributed by atoms with Gasteiger partial charge in [0.2, 0.25) is 0 Å². The molecule has 2 rings (SSSR count). The molecule has 3 heteroatoms. The molecule has 3 nitrogen and oxygen atoms in total. The van der Waals surface area contributed by atoms with E-state index in [1.54, 1.807) is 0 Å². The van der Waals surface area contributed by atoms with Crippen LogP contribution in [0.1, 0.15) is 18.9 Å². The summed E-state index contributed by atoms with van der Waals surface area (Å²) in [7, 11) is 0. The summed E-state index contributed by atoms with van der Waals surface area (Å²) in [6.07, 6.45) is 0.859. The van der Waals surface area contributed by atoms with Crippen LogP contribution in [0, 0.1) is 11.8 Å². The molecule has 0 aliphatic carbocycles. The number of ether oxygens (including phenoxy) is 2. The molecule has 1 atom stereocenters. The maximum absolute atomic E-state index is 5.73. The van der Waals surface area contributed by atoms with Gasteiger partial charge in [0.25, 0.3) is 0 Å². The normalized spacial score (nSPS) is 14.9. The molecule has 0 radical (unpaired) electrons. The molecule has 1 heterocycles. The first-order valence-electron chi connectivity index (χ1n) is 5.46. The molecular formula is C13H15NO2. The van der Waals surface area contributed by atoms with Crippen molar-refractivity contribution in [1.29, 1.82) is 0 Å². The van der Waals surface area contributed by atoms with Crippen LogP contribution in [0.5, 0.6) is 11.5 Å². The van der Waals surface area contributed by atoms with Crippen LogP contribution in [-0.2, 0) is 0 Å². The fourth-order valence-electron chi connectivity index (χ4n) is 1.40. The van der Waals surface area contributed by atoms with Gasteiger partial charge in [-0.2, -0.15) is 0 Å². The van der Waals surface area contributed by atoms with E-state index in [9.17, 15) is 0 Å². The van der Waals surface area contributed by atoms with E-state index >= 15 is 0 Å². The first-order chi connectivity index (χ1) is 7.79. The van der Waals surface area contributed by atoms with Gasteiger partial charge in [-0.1, -0.05) is 18.8 Å². The molecule has 16 heavy (non-hydrogen) atoms. The fourth-order valence-corrected chi connectivity index (χ4v) is 1.40. The van der Waals surface area contributed by atoms with Gasteiger partial charge in [0.15, 0.2) is 11.5 Å². The van der Waals surface area contributed by atoms with Crippen LogP contribution in [0.15, 0.2) is 18.2 Å². The van der Waals surface area contributed by atoms with E-state index in [1.165, 1.54) is 0 Å². The van der Waals surface area contributed by atoms with Crippen molar-refractivity contribution in [2.75, 3.05) is 13.2 Å². The predicted octanol–water partition coefficient (Wildman–Crippen LogP) is 1.55. The van der Waals surface area contributed by atoms with Crippen LogP contribution < -0.4 is 15.2 Å². The lowest BCUT2D eigenvalue weighted by molar-refractivity contribution is 0.171. The van der Waals surface area contributed by atoms with Gasteiger partial charge < -0.3 is 15.2 Å². The number of rotatable bonds is 1. The molecule has 2 N–H and O–H groups in total. The predicted molar refractivity (Wildman–Crippen MR) is 62.6 cm³/mol. The molecule has 1 aliphatic rings. The van der Waals surface area contributed by atoms with E-state index in [2.05, 4.69) is 11.8 Å². The van der Waals surface area contributed by atoms with Crippen LogP contribution in [0.2, 0.25) is 0 Å². The first kappa shape index (κ1) is 10.8. The van der Waals surface area contributed by atoms with Gasteiger partial charge in [0.1, 0.15) is 13.2 Å². The SMILES string of the molecule is CCC(N)C#Cc1ccc2c(c1)OCCO2. The van der Waals surface area contributed by atoms with Crippen molar-refractivity contribution < 1.29 is 9.47 Å². The van der Waals surface area contributed by atoms with E-state index < -0.39 is 0 Å². The minimum atomic E-state index is -0.0619. The second kappa shape index (κ2) is 4.91. The standard InChI is InChI=1S/C13H15NO2/c1-2-11(14)5-3-10-4-6-12-13(9-10)16-8-7-15-12/h4,6,9,11H,2,7-8,14H2,1H3. The second-order valence-electron chi connectivity index (χ2n) is 3.64. The largest absolute Gasteiger partial charge is 0.486 e. The smallest absolute Gasteiger partial charge is 0.162 e. The number of benzene rings is 1. The zero-order valence-electron chi connectivity index (χ0n) is 9.32. The summed E-state index contributed by atoms with van der Waals surface area (Å²) in [4.78, 5) is 0. The Morgan fingerprint density at radius 2 is 2.06 bits per heavy atom. The summed E-state index contributed by atoms with van der Waals surface area (Å²) in [5.74, 6) is 7.58. The average molecular weight is 217 g/mol. The van der Waals surface area contributed by atoms with Crippen LogP contribution in [-0.4, -0.2) is 19.3 Å². The van der Waals surface area contributed by atoms with Gasteiger partial charge in [0, 0.05) is 5.56 Å². The highest BCUT2D eigenvalue weighted by atomic mass is 16.6. The lowest BCUT2D eigenvalue weighted by Crippen LogP contribution is -2.16. The lowest BCUT2D eigenvalue weighted by atomic mass is 10.1. The van der Waals surface area contributed by atoms with Crippen LogP contribution in [0.3, 0.4) is 0 Å². The monoisotopic (exact) mass is 217 g/mol. The molecule has 0 aromatic heterocycles. The van der Waals surface area contributed by atoms with Crippen molar-refractivity contribution in [3.63, 3.8) is 0 Å². The molecule has 0 saturated heterocycles. The van der Waals surface area contributed by atoms with Gasteiger partial charge in [0.05, 0.1) is 6.04 Å². The van der Waals surface area contributed by atoms with E-state index in [0.29, 0.717) is 13.2 Å². The molecule has 0 spiro atoms. The summed E-state index contributed by atoms with van der Waals surface area (Å²) in [5.41, 5.74) is 6.64. The number of fused-ring (bicyclic) bond motifs is 1. The van der Waals surface area contributed by atoms with Gasteiger partial charge in [-0.15, -0.1) is 0 Å². The van der Waals surface area contributed by atoms with E-state index in [4.69, 9.17) is 15.2 Å². The van der Waals surface area contributed by atoms with E-state index in [0.717, 1.165) is 23.5 Å². The van der Waals surface area contributed by atoms with Gasteiger partial charge in [-0.3, -0.25) is 0 Å². The summed E-state index contributed by atoms with van der Waals surface area (Å²) in [6, 6.07) is 5.64. The van der Waals surface area contributed by atoms with Gasteiger partial charge >= 0.3 is 0 Å². The number of hydrogen-bond donors (Lipinski definition) is 1. The van der Waals surface area contributed by atoms with Crippen molar-refractivity contribution in [3.05, 3.63) is 23.8 Å².